The van der Waals surface area contributed by atoms with E-state index in [2.05, 4.69) is 52.0 Å². The van der Waals surface area contributed by atoms with Gasteiger partial charge in [0.2, 0.25) is 0 Å². The Hall–Kier alpha value is -2.92. The molecule has 0 radical (unpaired) electrons. The minimum atomic E-state index is 0.0626. The Morgan fingerprint density at radius 3 is 2.56 bits per heavy atom. The predicted molar refractivity (Wildman–Crippen MR) is 141 cm³/mol. The Morgan fingerprint density at radius 1 is 1.06 bits per heavy atom. The summed E-state index contributed by atoms with van der Waals surface area (Å²) in [5.74, 6) is 1.55. The van der Waals surface area contributed by atoms with Crippen molar-refractivity contribution >= 4 is 21.6 Å². The first kappa shape index (κ1) is 22.9. The number of rotatable bonds is 5. The highest BCUT2D eigenvalue weighted by Crippen LogP contribution is 2.35. The average molecular weight is 473 g/mol. The summed E-state index contributed by atoms with van der Waals surface area (Å²) < 4.78 is 7.89. The predicted octanol–water partition coefficient (Wildman–Crippen LogP) is 6.69. The molecule has 0 saturated heterocycles. The van der Waals surface area contributed by atoms with E-state index in [9.17, 15) is 4.79 Å². The fraction of sp³-hybridized carbons (Fsp3) is 0.379. The second-order valence-electron chi connectivity index (χ2n) is 10.3. The van der Waals surface area contributed by atoms with Crippen LogP contribution in [0.4, 0.5) is 0 Å². The van der Waals surface area contributed by atoms with Crippen molar-refractivity contribution in [2.24, 2.45) is 0 Å². The van der Waals surface area contributed by atoms with E-state index in [0.29, 0.717) is 13.2 Å². The normalized spacial score (nSPS) is 13.8. The second kappa shape index (κ2) is 9.03. The number of nitrogens with zero attached hydrogens (tertiary/aromatic N) is 2. The molecule has 4 nitrogen and oxygen atoms in total. The van der Waals surface area contributed by atoms with Crippen LogP contribution in [0.25, 0.3) is 21.6 Å². The van der Waals surface area contributed by atoms with Gasteiger partial charge in [0.25, 0.3) is 5.56 Å². The van der Waals surface area contributed by atoms with Crippen molar-refractivity contribution in [2.75, 3.05) is 6.61 Å². The van der Waals surface area contributed by atoms with E-state index in [4.69, 9.17) is 9.72 Å². The molecule has 2 aromatic heterocycles. The number of fused-ring (bicyclic) bond motifs is 3. The Kier molecular flexibility index (Phi) is 6.07. The van der Waals surface area contributed by atoms with E-state index < -0.39 is 0 Å². The summed E-state index contributed by atoms with van der Waals surface area (Å²) in [7, 11) is 0. The topological polar surface area (TPSA) is 44.1 Å². The zero-order valence-corrected chi connectivity index (χ0v) is 21.3. The number of hydrogen-bond donors (Lipinski definition) is 0. The van der Waals surface area contributed by atoms with Crippen molar-refractivity contribution in [3.8, 4) is 17.1 Å². The van der Waals surface area contributed by atoms with Crippen LogP contribution in [0, 0.1) is 6.92 Å². The van der Waals surface area contributed by atoms with Gasteiger partial charge in [-0.3, -0.25) is 9.36 Å². The molecule has 0 saturated carbocycles. The molecule has 34 heavy (non-hydrogen) atoms. The maximum Gasteiger partial charge on any atom is 0.262 e. The Morgan fingerprint density at radius 2 is 1.82 bits per heavy atom. The third-order valence-corrected chi connectivity index (χ3v) is 7.84. The molecular weight excluding hydrogens is 440 g/mol. The Labute approximate surface area is 205 Å². The first-order valence-corrected chi connectivity index (χ1v) is 13.0. The van der Waals surface area contributed by atoms with Crippen LogP contribution in [-0.4, -0.2) is 16.2 Å². The molecule has 2 aromatic carbocycles. The van der Waals surface area contributed by atoms with Crippen molar-refractivity contribution in [2.45, 2.75) is 65.3 Å². The van der Waals surface area contributed by atoms with Gasteiger partial charge in [-0.15, -0.1) is 11.3 Å². The van der Waals surface area contributed by atoms with Crippen LogP contribution in [-0.2, 0) is 24.8 Å². The molecule has 0 fully saturated rings. The van der Waals surface area contributed by atoms with Gasteiger partial charge in [-0.25, -0.2) is 4.98 Å². The molecule has 0 aliphatic heterocycles. The lowest BCUT2D eigenvalue weighted by Gasteiger charge is -2.19. The van der Waals surface area contributed by atoms with Crippen LogP contribution < -0.4 is 10.3 Å². The van der Waals surface area contributed by atoms with Gasteiger partial charge in [-0.2, -0.15) is 0 Å². The van der Waals surface area contributed by atoms with Crippen LogP contribution in [0.3, 0.4) is 0 Å². The maximum absolute atomic E-state index is 13.8. The van der Waals surface area contributed by atoms with Crippen molar-refractivity contribution in [1.29, 1.82) is 0 Å². The fourth-order valence-corrected chi connectivity index (χ4v) is 6.01. The Balaban J connectivity index is 1.50. The molecule has 0 atom stereocenters. The lowest BCUT2D eigenvalue weighted by atomic mass is 9.87. The SMILES string of the molecule is Cc1cccc(-c2nc3sc4c(c3c(=O)n2CCOc2ccc(C(C)(C)C)cc2)CCCC4)c1. The monoisotopic (exact) mass is 472 g/mol. The summed E-state index contributed by atoms with van der Waals surface area (Å²) in [4.78, 5) is 21.1. The van der Waals surface area contributed by atoms with Gasteiger partial charge in [-0.05, 0) is 67.3 Å². The lowest BCUT2D eigenvalue weighted by molar-refractivity contribution is 0.296. The molecular formula is C29H32N2O2S. The Bertz CT molecular complexity index is 1390. The van der Waals surface area contributed by atoms with E-state index in [0.717, 1.165) is 52.2 Å². The van der Waals surface area contributed by atoms with Crippen molar-refractivity contribution in [3.63, 3.8) is 0 Å². The molecule has 1 aliphatic rings. The number of aromatic nitrogens is 2. The highest BCUT2D eigenvalue weighted by atomic mass is 32.1. The van der Waals surface area contributed by atoms with E-state index in [1.807, 2.05) is 28.8 Å². The number of hydrogen-bond acceptors (Lipinski definition) is 4. The molecule has 1 aliphatic carbocycles. The van der Waals surface area contributed by atoms with Crippen molar-refractivity contribution < 1.29 is 4.74 Å². The van der Waals surface area contributed by atoms with Crippen LogP contribution in [0.2, 0.25) is 0 Å². The highest BCUT2D eigenvalue weighted by molar-refractivity contribution is 7.18. The van der Waals surface area contributed by atoms with Gasteiger partial charge < -0.3 is 4.74 Å². The summed E-state index contributed by atoms with van der Waals surface area (Å²) in [6.07, 6.45) is 4.38. The van der Waals surface area contributed by atoms with Crippen LogP contribution in [0.5, 0.6) is 5.75 Å². The van der Waals surface area contributed by atoms with E-state index >= 15 is 0 Å². The zero-order chi connectivity index (χ0) is 23.9. The molecule has 4 aromatic rings. The number of aryl methyl sites for hydroxylation is 3. The summed E-state index contributed by atoms with van der Waals surface area (Å²) >= 11 is 1.70. The van der Waals surface area contributed by atoms with Gasteiger partial charge in [0.15, 0.2) is 0 Å². The molecule has 2 heterocycles. The number of thiophene rings is 1. The average Bonchev–Trinajstić information content (AvgIpc) is 3.19. The molecule has 5 heteroatoms. The third kappa shape index (κ3) is 4.41. The lowest BCUT2D eigenvalue weighted by Crippen LogP contribution is -2.26. The van der Waals surface area contributed by atoms with E-state index in [1.54, 1.807) is 11.3 Å². The molecule has 0 spiro atoms. The van der Waals surface area contributed by atoms with Crippen LogP contribution in [0.15, 0.2) is 53.3 Å². The zero-order valence-electron chi connectivity index (χ0n) is 20.5. The molecule has 5 rings (SSSR count). The number of ether oxygens (including phenoxy) is 1. The third-order valence-electron chi connectivity index (χ3n) is 6.66. The minimum absolute atomic E-state index is 0.0626. The van der Waals surface area contributed by atoms with Gasteiger partial charge in [-0.1, -0.05) is 56.7 Å². The molecule has 0 bridgehead atoms. The van der Waals surface area contributed by atoms with E-state index in [-0.39, 0.29) is 11.0 Å². The van der Waals surface area contributed by atoms with Crippen LogP contribution >= 0.6 is 11.3 Å². The molecule has 0 N–H and O–H groups in total. The molecule has 0 amide bonds. The van der Waals surface area contributed by atoms with Crippen molar-refractivity contribution in [3.05, 3.63) is 80.5 Å². The fourth-order valence-electron chi connectivity index (χ4n) is 4.76. The van der Waals surface area contributed by atoms with Gasteiger partial charge in [0.1, 0.15) is 23.0 Å². The summed E-state index contributed by atoms with van der Waals surface area (Å²) in [5.41, 5.74) is 4.79. The van der Waals surface area contributed by atoms with Crippen molar-refractivity contribution in [1.82, 2.24) is 9.55 Å². The quantitative estimate of drug-likeness (QED) is 0.325. The van der Waals surface area contributed by atoms with Gasteiger partial charge in [0.05, 0.1) is 11.9 Å². The molecule has 0 unspecified atom stereocenters. The second-order valence-corrected chi connectivity index (χ2v) is 11.4. The summed E-state index contributed by atoms with van der Waals surface area (Å²) in [6.45, 7) is 9.54. The highest BCUT2D eigenvalue weighted by Gasteiger charge is 2.22. The standard InChI is InChI=1S/C29H32N2O2S/c1-19-8-7-9-20(18-19)26-30-27-25(23-10-5-6-11-24(23)34-27)28(32)31(26)16-17-33-22-14-12-21(13-15-22)29(2,3)4/h7-9,12-15,18H,5-6,10-11,16-17H2,1-4H3. The largest absolute Gasteiger partial charge is 0.492 e. The maximum atomic E-state index is 13.8. The smallest absolute Gasteiger partial charge is 0.262 e. The summed E-state index contributed by atoms with van der Waals surface area (Å²) in [6, 6.07) is 16.5. The summed E-state index contributed by atoms with van der Waals surface area (Å²) in [5, 5.41) is 0.825. The number of benzene rings is 2. The first-order chi connectivity index (χ1) is 16.3. The van der Waals surface area contributed by atoms with Gasteiger partial charge >= 0.3 is 0 Å². The first-order valence-electron chi connectivity index (χ1n) is 12.2. The minimum Gasteiger partial charge on any atom is -0.492 e. The van der Waals surface area contributed by atoms with Crippen LogP contribution in [0.1, 0.15) is 55.2 Å². The van der Waals surface area contributed by atoms with E-state index in [1.165, 1.54) is 22.4 Å². The van der Waals surface area contributed by atoms with Gasteiger partial charge in [0, 0.05) is 10.4 Å². The molecule has 176 valence electrons.